The van der Waals surface area contributed by atoms with Crippen LogP contribution in [-0.2, 0) is 12.6 Å². The minimum Gasteiger partial charge on any atom is -0.316 e. The number of halogens is 3. The third kappa shape index (κ3) is 3.27. The normalized spacial score (nSPS) is 17.0. The Bertz CT molecular complexity index is 513. The van der Waals surface area contributed by atoms with Crippen LogP contribution in [0.2, 0.25) is 0 Å². The Morgan fingerprint density at radius 1 is 1.45 bits per heavy atom. The van der Waals surface area contributed by atoms with Crippen molar-refractivity contribution >= 4 is 5.69 Å². The number of rotatable bonds is 5. The molecule has 1 saturated carbocycles. The molecule has 7 heteroatoms. The molecule has 1 fully saturated rings. The topological polar surface area (TPSA) is 55.2 Å². The second-order valence-corrected chi connectivity index (χ2v) is 5.04. The molecular weight excluding hydrogens is 273 g/mol. The summed E-state index contributed by atoms with van der Waals surface area (Å²) in [6.07, 6.45) is -2.12. The van der Waals surface area contributed by atoms with E-state index in [9.17, 15) is 23.3 Å². The first-order chi connectivity index (χ1) is 9.32. The predicted octanol–water partition coefficient (Wildman–Crippen LogP) is 3.15. The van der Waals surface area contributed by atoms with Gasteiger partial charge in [0.1, 0.15) is 5.56 Å². The van der Waals surface area contributed by atoms with Crippen LogP contribution in [0.4, 0.5) is 18.9 Å². The molecule has 0 heterocycles. The van der Waals surface area contributed by atoms with Gasteiger partial charge >= 0.3 is 6.18 Å². The number of alkyl halides is 3. The Hall–Kier alpha value is -1.63. The van der Waals surface area contributed by atoms with Gasteiger partial charge in [-0.25, -0.2) is 0 Å². The van der Waals surface area contributed by atoms with Crippen molar-refractivity contribution < 1.29 is 18.1 Å². The van der Waals surface area contributed by atoms with Crippen molar-refractivity contribution in [2.75, 3.05) is 7.05 Å². The van der Waals surface area contributed by atoms with Crippen LogP contribution in [0.25, 0.3) is 0 Å². The summed E-state index contributed by atoms with van der Waals surface area (Å²) >= 11 is 0. The third-order valence-corrected chi connectivity index (χ3v) is 3.58. The monoisotopic (exact) mass is 288 g/mol. The molecule has 0 aliphatic heterocycles. The van der Waals surface area contributed by atoms with Crippen LogP contribution in [0.3, 0.4) is 0 Å². The quantitative estimate of drug-likeness (QED) is 0.669. The second-order valence-electron chi connectivity index (χ2n) is 5.04. The summed E-state index contributed by atoms with van der Waals surface area (Å²) in [6, 6.07) is 3.36. The zero-order chi connectivity index (χ0) is 14.9. The lowest BCUT2D eigenvalue weighted by Crippen LogP contribution is -2.29. The van der Waals surface area contributed by atoms with E-state index in [2.05, 4.69) is 5.32 Å². The van der Waals surface area contributed by atoms with Gasteiger partial charge in [0.15, 0.2) is 0 Å². The molecule has 110 valence electrons. The van der Waals surface area contributed by atoms with Crippen LogP contribution in [0.1, 0.15) is 24.0 Å². The van der Waals surface area contributed by atoms with E-state index >= 15 is 0 Å². The standard InChI is InChI=1S/C13H15F3N2O2/c1-17-11(9-3-4-9)7-8-2-5-12(18(19)20)10(6-8)13(14,15)16/h2,5-6,9,11,17H,3-4,7H2,1H3. The van der Waals surface area contributed by atoms with E-state index < -0.39 is 22.4 Å². The first-order valence-electron chi connectivity index (χ1n) is 6.34. The van der Waals surface area contributed by atoms with E-state index in [1.165, 1.54) is 6.07 Å². The molecule has 0 radical (unpaired) electrons. The van der Waals surface area contributed by atoms with Crippen molar-refractivity contribution in [1.82, 2.24) is 5.32 Å². The van der Waals surface area contributed by atoms with Crippen LogP contribution in [0.15, 0.2) is 18.2 Å². The number of benzene rings is 1. The average Bonchev–Trinajstić information content (AvgIpc) is 3.18. The van der Waals surface area contributed by atoms with Crippen molar-refractivity contribution in [2.45, 2.75) is 31.5 Å². The number of hydrogen-bond acceptors (Lipinski definition) is 3. The Morgan fingerprint density at radius 3 is 2.55 bits per heavy atom. The SMILES string of the molecule is CNC(Cc1ccc([N+](=O)[O-])c(C(F)(F)F)c1)C1CC1. The van der Waals surface area contributed by atoms with Gasteiger partial charge < -0.3 is 5.32 Å². The molecule has 1 aliphatic carbocycles. The summed E-state index contributed by atoms with van der Waals surface area (Å²) in [5.41, 5.74) is -1.60. The number of nitrogens with one attached hydrogen (secondary N) is 1. The Balaban J connectivity index is 2.29. The maximum atomic E-state index is 12.9. The summed E-state index contributed by atoms with van der Waals surface area (Å²) in [5.74, 6) is 0.490. The van der Waals surface area contributed by atoms with Crippen molar-refractivity contribution in [3.63, 3.8) is 0 Å². The van der Waals surface area contributed by atoms with Crippen molar-refractivity contribution in [1.29, 1.82) is 0 Å². The van der Waals surface area contributed by atoms with Crippen molar-refractivity contribution in [3.8, 4) is 0 Å². The zero-order valence-corrected chi connectivity index (χ0v) is 10.9. The van der Waals surface area contributed by atoms with E-state index in [-0.39, 0.29) is 6.04 Å². The van der Waals surface area contributed by atoms with Crippen LogP contribution in [0, 0.1) is 16.0 Å². The molecular formula is C13H15F3N2O2. The van der Waals surface area contributed by atoms with E-state index in [0.29, 0.717) is 17.9 Å². The van der Waals surface area contributed by atoms with Gasteiger partial charge in [0, 0.05) is 12.1 Å². The molecule has 1 aromatic rings. The molecule has 0 amide bonds. The zero-order valence-electron chi connectivity index (χ0n) is 10.9. The first-order valence-corrected chi connectivity index (χ1v) is 6.34. The minimum atomic E-state index is -4.72. The van der Waals surface area contributed by atoms with Crippen LogP contribution in [-0.4, -0.2) is 18.0 Å². The summed E-state index contributed by atoms with van der Waals surface area (Å²) in [7, 11) is 1.78. The molecule has 0 bridgehead atoms. The minimum absolute atomic E-state index is 0.123. The van der Waals surface area contributed by atoms with Gasteiger partial charge in [0.2, 0.25) is 0 Å². The lowest BCUT2D eigenvalue weighted by Gasteiger charge is -2.16. The summed E-state index contributed by atoms with van der Waals surface area (Å²) in [4.78, 5) is 9.67. The van der Waals surface area contributed by atoms with E-state index in [1.54, 1.807) is 7.05 Å². The number of nitro benzene ring substituents is 1. The first kappa shape index (κ1) is 14.8. The Labute approximate surface area is 114 Å². The van der Waals surface area contributed by atoms with Gasteiger partial charge in [-0.3, -0.25) is 10.1 Å². The average molecular weight is 288 g/mol. The largest absolute Gasteiger partial charge is 0.423 e. The van der Waals surface area contributed by atoms with Gasteiger partial charge in [-0.05, 0) is 43.9 Å². The van der Waals surface area contributed by atoms with Crippen LogP contribution < -0.4 is 5.32 Å². The molecule has 1 N–H and O–H groups in total. The molecule has 1 unspecified atom stereocenters. The smallest absolute Gasteiger partial charge is 0.316 e. The highest BCUT2D eigenvalue weighted by Gasteiger charge is 2.39. The summed E-state index contributed by atoms with van der Waals surface area (Å²) in [6.45, 7) is 0. The molecule has 1 atom stereocenters. The van der Waals surface area contributed by atoms with Gasteiger partial charge in [-0.2, -0.15) is 13.2 Å². The summed E-state index contributed by atoms with van der Waals surface area (Å²) < 4.78 is 38.6. The van der Waals surface area contributed by atoms with Crippen LogP contribution in [0.5, 0.6) is 0 Å². The van der Waals surface area contributed by atoms with Crippen molar-refractivity contribution in [3.05, 3.63) is 39.4 Å². The maximum Gasteiger partial charge on any atom is 0.423 e. The molecule has 1 aromatic carbocycles. The molecule has 4 nitrogen and oxygen atoms in total. The van der Waals surface area contributed by atoms with E-state index in [1.807, 2.05) is 0 Å². The Kier molecular flexibility index (Phi) is 3.99. The molecule has 0 saturated heterocycles. The fourth-order valence-corrected chi connectivity index (χ4v) is 2.35. The van der Waals surface area contributed by atoms with Gasteiger partial charge in [0.25, 0.3) is 5.69 Å². The molecule has 2 rings (SSSR count). The lowest BCUT2D eigenvalue weighted by molar-refractivity contribution is -0.388. The third-order valence-electron chi connectivity index (χ3n) is 3.58. The summed E-state index contributed by atoms with van der Waals surface area (Å²) in [5, 5.41) is 13.8. The van der Waals surface area contributed by atoms with Gasteiger partial charge in [0.05, 0.1) is 4.92 Å². The lowest BCUT2D eigenvalue weighted by atomic mass is 9.99. The predicted molar refractivity (Wildman–Crippen MR) is 67.4 cm³/mol. The van der Waals surface area contributed by atoms with E-state index in [0.717, 1.165) is 25.0 Å². The highest BCUT2D eigenvalue weighted by Crippen LogP contribution is 2.38. The van der Waals surface area contributed by atoms with Crippen molar-refractivity contribution in [2.24, 2.45) is 5.92 Å². The maximum absolute atomic E-state index is 12.9. The molecule has 0 aromatic heterocycles. The highest BCUT2D eigenvalue weighted by atomic mass is 19.4. The fraction of sp³-hybridized carbons (Fsp3) is 0.538. The molecule has 0 spiro atoms. The number of nitrogens with zero attached hydrogens (tertiary/aromatic N) is 1. The van der Waals surface area contributed by atoms with Crippen LogP contribution >= 0.6 is 0 Å². The second kappa shape index (κ2) is 5.40. The van der Waals surface area contributed by atoms with Gasteiger partial charge in [-0.15, -0.1) is 0 Å². The molecule has 1 aliphatic rings. The van der Waals surface area contributed by atoms with E-state index in [4.69, 9.17) is 0 Å². The van der Waals surface area contributed by atoms with Gasteiger partial charge in [-0.1, -0.05) is 6.07 Å². The molecule has 20 heavy (non-hydrogen) atoms. The number of likely N-dealkylation sites (N-methyl/N-ethyl adjacent to an activating group) is 1. The Morgan fingerprint density at radius 2 is 2.10 bits per heavy atom. The number of hydrogen-bond donors (Lipinski definition) is 1. The highest BCUT2D eigenvalue weighted by molar-refractivity contribution is 5.45. The number of nitro groups is 1. The fourth-order valence-electron chi connectivity index (χ4n) is 2.35.